The molecule has 0 aromatic heterocycles. The summed E-state index contributed by atoms with van der Waals surface area (Å²) in [7, 11) is 0. The molecule has 0 saturated heterocycles. The Morgan fingerprint density at radius 3 is 2.77 bits per heavy atom. The molecule has 3 heteroatoms. The summed E-state index contributed by atoms with van der Waals surface area (Å²) in [4.78, 5) is 0. The van der Waals surface area contributed by atoms with Crippen molar-refractivity contribution in [3.05, 3.63) is 22.7 Å². The maximum atomic E-state index is 5.91. The number of hydrogen-bond acceptors (Lipinski definition) is 2. The van der Waals surface area contributed by atoms with Gasteiger partial charge in [0.2, 0.25) is 0 Å². The van der Waals surface area contributed by atoms with Crippen molar-refractivity contribution in [3.8, 4) is 0 Å². The number of hydrogen-bond donors (Lipinski definition) is 2. The number of halogens is 1. The molecule has 0 atom stereocenters. The smallest absolute Gasteiger partial charge is 0.0694 e. The lowest BCUT2D eigenvalue weighted by atomic mass is 10.2. The van der Waals surface area contributed by atoms with Gasteiger partial charge in [0.15, 0.2) is 0 Å². The first kappa shape index (κ1) is 8.88. The lowest BCUT2D eigenvalue weighted by Crippen LogP contribution is -2.16. The summed E-state index contributed by atoms with van der Waals surface area (Å²) in [6.07, 6.45) is 2.47. The molecule has 1 saturated carbocycles. The van der Waals surface area contributed by atoms with Crippen molar-refractivity contribution in [2.75, 3.05) is 11.1 Å². The number of anilines is 2. The van der Waals surface area contributed by atoms with Crippen LogP contribution in [-0.4, -0.2) is 5.54 Å². The Hall–Kier alpha value is -0.700. The minimum Gasteiger partial charge on any atom is -0.396 e. The van der Waals surface area contributed by atoms with Crippen LogP contribution in [0, 0.1) is 0 Å². The Bertz CT molecular complexity index is 332. The van der Waals surface area contributed by atoms with Crippen LogP contribution in [0.1, 0.15) is 19.8 Å². The second kappa shape index (κ2) is 2.91. The van der Waals surface area contributed by atoms with Gasteiger partial charge in [-0.2, -0.15) is 0 Å². The predicted molar refractivity (Wildman–Crippen MR) is 59.8 cm³/mol. The molecular weight excluding hydrogens is 228 g/mol. The summed E-state index contributed by atoms with van der Waals surface area (Å²) in [5, 5.41) is 3.45. The molecule has 0 spiro atoms. The molecule has 2 nitrogen and oxygen atoms in total. The van der Waals surface area contributed by atoms with Crippen LogP contribution in [0.15, 0.2) is 22.7 Å². The van der Waals surface area contributed by atoms with Crippen LogP contribution < -0.4 is 11.1 Å². The molecule has 70 valence electrons. The third-order valence-electron chi connectivity index (χ3n) is 2.49. The maximum absolute atomic E-state index is 5.91. The molecule has 1 aromatic rings. The van der Waals surface area contributed by atoms with E-state index in [9.17, 15) is 0 Å². The van der Waals surface area contributed by atoms with Gasteiger partial charge in [0.25, 0.3) is 0 Å². The summed E-state index contributed by atoms with van der Waals surface area (Å²) >= 11 is 3.41. The third-order valence-corrected chi connectivity index (χ3v) is 3.18. The fourth-order valence-electron chi connectivity index (χ4n) is 1.28. The standard InChI is InChI=1S/C10H13BrN2/c1-10(5-6-10)13-8-4-2-3-7(11)9(8)12/h2-4,13H,5-6,12H2,1H3. The van der Waals surface area contributed by atoms with Crippen LogP contribution in [0.2, 0.25) is 0 Å². The summed E-state index contributed by atoms with van der Waals surface area (Å²) < 4.78 is 0.960. The van der Waals surface area contributed by atoms with Crippen molar-refractivity contribution >= 4 is 27.3 Å². The zero-order valence-corrected chi connectivity index (χ0v) is 9.19. The number of para-hydroxylation sites is 1. The van der Waals surface area contributed by atoms with E-state index in [1.165, 1.54) is 12.8 Å². The first-order valence-corrected chi connectivity index (χ1v) is 5.22. The van der Waals surface area contributed by atoms with Gasteiger partial charge < -0.3 is 11.1 Å². The van der Waals surface area contributed by atoms with E-state index in [-0.39, 0.29) is 5.54 Å². The van der Waals surface area contributed by atoms with Crippen LogP contribution in [0.3, 0.4) is 0 Å². The quantitative estimate of drug-likeness (QED) is 0.781. The molecule has 0 heterocycles. The first-order valence-electron chi connectivity index (χ1n) is 4.43. The summed E-state index contributed by atoms with van der Waals surface area (Å²) in [6.45, 7) is 2.22. The second-order valence-corrected chi connectivity index (χ2v) is 4.74. The Kier molecular flexibility index (Phi) is 1.99. The lowest BCUT2D eigenvalue weighted by molar-refractivity contribution is 0.830. The van der Waals surface area contributed by atoms with Gasteiger partial charge >= 0.3 is 0 Å². The van der Waals surface area contributed by atoms with Gasteiger partial charge in [0, 0.05) is 10.0 Å². The Morgan fingerprint density at radius 2 is 2.15 bits per heavy atom. The SMILES string of the molecule is CC1(Nc2cccc(Br)c2N)CC1. The minimum atomic E-state index is 0.287. The topological polar surface area (TPSA) is 38.0 Å². The number of benzene rings is 1. The minimum absolute atomic E-state index is 0.287. The van der Waals surface area contributed by atoms with Crippen LogP contribution in [-0.2, 0) is 0 Å². The fraction of sp³-hybridized carbons (Fsp3) is 0.400. The molecule has 3 N–H and O–H groups in total. The highest BCUT2D eigenvalue weighted by molar-refractivity contribution is 9.10. The van der Waals surface area contributed by atoms with E-state index < -0.39 is 0 Å². The lowest BCUT2D eigenvalue weighted by Gasteiger charge is -2.15. The van der Waals surface area contributed by atoms with Crippen molar-refractivity contribution in [3.63, 3.8) is 0 Å². The van der Waals surface area contributed by atoms with Gasteiger partial charge in [0.05, 0.1) is 11.4 Å². The molecule has 0 radical (unpaired) electrons. The predicted octanol–water partition coefficient (Wildman–Crippen LogP) is 3.00. The van der Waals surface area contributed by atoms with Gasteiger partial charge in [-0.1, -0.05) is 6.07 Å². The van der Waals surface area contributed by atoms with Gasteiger partial charge in [0.1, 0.15) is 0 Å². The van der Waals surface area contributed by atoms with Gasteiger partial charge in [-0.05, 0) is 47.8 Å². The van der Waals surface area contributed by atoms with Crippen LogP contribution in [0.5, 0.6) is 0 Å². The third kappa shape index (κ3) is 1.80. The Labute approximate surface area is 86.6 Å². The zero-order chi connectivity index (χ0) is 9.47. The summed E-state index contributed by atoms with van der Waals surface area (Å²) in [5.41, 5.74) is 8.03. The van der Waals surface area contributed by atoms with E-state index in [1.54, 1.807) is 0 Å². The van der Waals surface area contributed by atoms with Crippen LogP contribution in [0.4, 0.5) is 11.4 Å². The van der Waals surface area contributed by atoms with Crippen molar-refractivity contribution < 1.29 is 0 Å². The monoisotopic (exact) mass is 240 g/mol. The maximum Gasteiger partial charge on any atom is 0.0694 e. The van der Waals surface area contributed by atoms with E-state index in [0.717, 1.165) is 15.8 Å². The van der Waals surface area contributed by atoms with E-state index >= 15 is 0 Å². The second-order valence-electron chi connectivity index (χ2n) is 3.89. The van der Waals surface area contributed by atoms with E-state index in [0.29, 0.717) is 0 Å². The number of rotatable bonds is 2. The van der Waals surface area contributed by atoms with Gasteiger partial charge in [-0.25, -0.2) is 0 Å². The highest BCUT2D eigenvalue weighted by Gasteiger charge is 2.37. The van der Waals surface area contributed by atoms with Crippen molar-refractivity contribution in [1.82, 2.24) is 0 Å². The largest absolute Gasteiger partial charge is 0.396 e. The molecule has 0 unspecified atom stereocenters. The highest BCUT2D eigenvalue weighted by atomic mass is 79.9. The molecule has 1 aliphatic rings. The normalized spacial score (nSPS) is 18.3. The highest BCUT2D eigenvalue weighted by Crippen LogP contribution is 2.40. The zero-order valence-electron chi connectivity index (χ0n) is 7.60. The molecule has 1 aromatic carbocycles. The van der Waals surface area contributed by atoms with E-state index in [2.05, 4.69) is 28.2 Å². The number of nitrogens with one attached hydrogen (secondary N) is 1. The summed E-state index contributed by atoms with van der Waals surface area (Å²) in [5.74, 6) is 0. The Morgan fingerprint density at radius 1 is 1.46 bits per heavy atom. The van der Waals surface area contributed by atoms with E-state index in [1.807, 2.05) is 18.2 Å². The van der Waals surface area contributed by atoms with Crippen molar-refractivity contribution in [2.45, 2.75) is 25.3 Å². The molecule has 1 fully saturated rings. The van der Waals surface area contributed by atoms with E-state index in [4.69, 9.17) is 5.73 Å². The average Bonchev–Trinajstić information content (AvgIpc) is 2.78. The molecule has 1 aliphatic carbocycles. The molecule has 0 aliphatic heterocycles. The van der Waals surface area contributed by atoms with Crippen molar-refractivity contribution in [1.29, 1.82) is 0 Å². The van der Waals surface area contributed by atoms with Crippen LogP contribution >= 0.6 is 15.9 Å². The fourth-order valence-corrected chi connectivity index (χ4v) is 1.65. The molecule has 2 rings (SSSR count). The summed E-state index contributed by atoms with van der Waals surface area (Å²) in [6, 6.07) is 5.97. The van der Waals surface area contributed by atoms with Crippen molar-refractivity contribution in [2.24, 2.45) is 0 Å². The van der Waals surface area contributed by atoms with Gasteiger partial charge in [-0.15, -0.1) is 0 Å². The molecule has 13 heavy (non-hydrogen) atoms. The molecular formula is C10H13BrN2. The first-order chi connectivity index (χ1) is 6.11. The van der Waals surface area contributed by atoms with Crippen LogP contribution in [0.25, 0.3) is 0 Å². The Balaban J connectivity index is 2.25. The number of nitrogens with two attached hydrogens (primary N) is 1. The number of nitrogen functional groups attached to an aromatic ring is 1. The average molecular weight is 241 g/mol. The molecule has 0 bridgehead atoms. The molecule has 0 amide bonds. The van der Waals surface area contributed by atoms with Gasteiger partial charge in [-0.3, -0.25) is 0 Å².